The fraction of sp³-hybridized carbons (Fsp3) is 0.429. The summed E-state index contributed by atoms with van der Waals surface area (Å²) in [5, 5.41) is 0. The SMILES string of the molecule is Cc1ccc(C(=O)NNC(=O)C(C)(C)C)cc1C. The van der Waals surface area contributed by atoms with Crippen molar-refractivity contribution in [1.82, 2.24) is 10.9 Å². The highest BCUT2D eigenvalue weighted by atomic mass is 16.2. The minimum absolute atomic E-state index is 0.223. The van der Waals surface area contributed by atoms with Gasteiger partial charge in [0.25, 0.3) is 5.91 Å². The van der Waals surface area contributed by atoms with Crippen LogP contribution in [-0.4, -0.2) is 11.8 Å². The molecule has 0 atom stereocenters. The van der Waals surface area contributed by atoms with Crippen LogP contribution < -0.4 is 10.9 Å². The molecule has 1 aromatic carbocycles. The van der Waals surface area contributed by atoms with Crippen molar-refractivity contribution in [2.24, 2.45) is 5.41 Å². The van der Waals surface area contributed by atoms with Gasteiger partial charge in [0.05, 0.1) is 0 Å². The predicted octanol–water partition coefficient (Wildman–Crippen LogP) is 2.11. The third-order valence-corrected chi connectivity index (χ3v) is 2.74. The topological polar surface area (TPSA) is 58.2 Å². The van der Waals surface area contributed by atoms with E-state index in [9.17, 15) is 9.59 Å². The molecule has 0 aliphatic rings. The van der Waals surface area contributed by atoms with Gasteiger partial charge in [0.1, 0.15) is 0 Å². The van der Waals surface area contributed by atoms with Crippen molar-refractivity contribution in [3.63, 3.8) is 0 Å². The van der Waals surface area contributed by atoms with Crippen LogP contribution in [0.5, 0.6) is 0 Å². The highest BCUT2D eigenvalue weighted by Gasteiger charge is 2.21. The number of hydrazine groups is 1. The Labute approximate surface area is 108 Å². The Balaban J connectivity index is 2.66. The Bertz CT molecular complexity index is 473. The summed E-state index contributed by atoms with van der Waals surface area (Å²) in [7, 11) is 0. The zero-order chi connectivity index (χ0) is 13.9. The summed E-state index contributed by atoms with van der Waals surface area (Å²) in [5.41, 5.74) is 7.01. The van der Waals surface area contributed by atoms with E-state index in [4.69, 9.17) is 0 Å². The Morgan fingerprint density at radius 1 is 1.00 bits per heavy atom. The third-order valence-electron chi connectivity index (χ3n) is 2.74. The second-order valence-electron chi connectivity index (χ2n) is 5.46. The normalized spacial score (nSPS) is 10.9. The fourth-order valence-corrected chi connectivity index (χ4v) is 1.26. The predicted molar refractivity (Wildman–Crippen MR) is 71.0 cm³/mol. The van der Waals surface area contributed by atoms with Crippen LogP contribution >= 0.6 is 0 Å². The molecule has 0 spiro atoms. The minimum Gasteiger partial charge on any atom is -0.273 e. The first-order valence-corrected chi connectivity index (χ1v) is 5.90. The van der Waals surface area contributed by atoms with Gasteiger partial charge in [-0.1, -0.05) is 26.8 Å². The first-order valence-electron chi connectivity index (χ1n) is 5.90. The Kier molecular flexibility index (Phi) is 4.11. The van der Waals surface area contributed by atoms with Gasteiger partial charge in [0.15, 0.2) is 0 Å². The summed E-state index contributed by atoms with van der Waals surface area (Å²) in [6.45, 7) is 9.28. The highest BCUT2D eigenvalue weighted by Crippen LogP contribution is 2.12. The zero-order valence-corrected chi connectivity index (χ0v) is 11.5. The van der Waals surface area contributed by atoms with E-state index < -0.39 is 5.41 Å². The number of carbonyl (C=O) groups is 2. The monoisotopic (exact) mass is 248 g/mol. The summed E-state index contributed by atoms with van der Waals surface area (Å²) in [6, 6.07) is 5.42. The first kappa shape index (κ1) is 14.2. The van der Waals surface area contributed by atoms with Crippen LogP contribution in [0, 0.1) is 19.3 Å². The summed E-state index contributed by atoms with van der Waals surface area (Å²) in [5.74, 6) is -0.532. The van der Waals surface area contributed by atoms with E-state index in [2.05, 4.69) is 10.9 Å². The lowest BCUT2D eigenvalue weighted by Gasteiger charge is -2.18. The van der Waals surface area contributed by atoms with Crippen molar-refractivity contribution in [2.45, 2.75) is 34.6 Å². The van der Waals surface area contributed by atoms with Gasteiger partial charge in [-0.25, -0.2) is 0 Å². The van der Waals surface area contributed by atoms with Crippen LogP contribution in [0.1, 0.15) is 42.3 Å². The third kappa shape index (κ3) is 3.58. The molecule has 0 bridgehead atoms. The van der Waals surface area contributed by atoms with Crippen LogP contribution in [-0.2, 0) is 4.79 Å². The molecule has 18 heavy (non-hydrogen) atoms. The lowest BCUT2D eigenvalue weighted by molar-refractivity contribution is -0.129. The second kappa shape index (κ2) is 5.21. The molecule has 1 rings (SSSR count). The molecule has 98 valence electrons. The van der Waals surface area contributed by atoms with E-state index >= 15 is 0 Å². The molecule has 4 heteroatoms. The Hall–Kier alpha value is -1.84. The molecule has 1 aromatic rings. The maximum absolute atomic E-state index is 11.8. The smallest absolute Gasteiger partial charge is 0.269 e. The zero-order valence-electron chi connectivity index (χ0n) is 11.5. The molecule has 0 radical (unpaired) electrons. The van der Waals surface area contributed by atoms with Gasteiger partial charge in [-0.15, -0.1) is 0 Å². The molecule has 0 aliphatic carbocycles. The van der Waals surface area contributed by atoms with Gasteiger partial charge in [-0.3, -0.25) is 20.4 Å². The molecule has 2 amide bonds. The number of rotatable bonds is 1. The summed E-state index contributed by atoms with van der Waals surface area (Å²) in [6.07, 6.45) is 0. The van der Waals surface area contributed by atoms with Crippen LogP contribution in [0.15, 0.2) is 18.2 Å². The van der Waals surface area contributed by atoms with E-state index in [-0.39, 0.29) is 11.8 Å². The minimum atomic E-state index is -0.531. The van der Waals surface area contributed by atoms with Gasteiger partial charge in [-0.2, -0.15) is 0 Å². The van der Waals surface area contributed by atoms with Crippen molar-refractivity contribution in [3.8, 4) is 0 Å². The van der Waals surface area contributed by atoms with Gasteiger partial charge in [0.2, 0.25) is 5.91 Å². The van der Waals surface area contributed by atoms with Crippen molar-refractivity contribution in [1.29, 1.82) is 0 Å². The lowest BCUT2D eigenvalue weighted by atomic mass is 9.96. The van der Waals surface area contributed by atoms with Gasteiger partial charge < -0.3 is 0 Å². The molecule has 0 unspecified atom stereocenters. The number of hydrogen-bond acceptors (Lipinski definition) is 2. The van der Waals surface area contributed by atoms with E-state index in [1.807, 2.05) is 19.9 Å². The van der Waals surface area contributed by atoms with Gasteiger partial charge >= 0.3 is 0 Å². The standard InChI is InChI=1S/C14H20N2O2/c1-9-6-7-11(8-10(9)2)12(17)15-16-13(18)14(3,4)5/h6-8H,1-5H3,(H,15,17)(H,16,18). The quantitative estimate of drug-likeness (QED) is 0.748. The highest BCUT2D eigenvalue weighted by molar-refractivity contribution is 5.96. The average Bonchev–Trinajstić information content (AvgIpc) is 2.27. The number of carbonyl (C=O) groups excluding carboxylic acids is 2. The second-order valence-corrected chi connectivity index (χ2v) is 5.46. The first-order chi connectivity index (χ1) is 8.21. The maximum Gasteiger partial charge on any atom is 0.269 e. The average molecular weight is 248 g/mol. The van der Waals surface area contributed by atoms with Crippen molar-refractivity contribution >= 4 is 11.8 Å². The summed E-state index contributed by atoms with van der Waals surface area (Å²) >= 11 is 0. The Morgan fingerprint density at radius 2 is 1.61 bits per heavy atom. The number of benzene rings is 1. The van der Waals surface area contributed by atoms with Gasteiger partial charge in [0, 0.05) is 11.0 Å². The maximum atomic E-state index is 11.8. The molecule has 2 N–H and O–H groups in total. The number of nitrogens with one attached hydrogen (secondary N) is 2. The number of amides is 2. The molecular formula is C14H20N2O2. The van der Waals surface area contributed by atoms with E-state index in [1.165, 1.54) is 0 Å². The largest absolute Gasteiger partial charge is 0.273 e. The van der Waals surface area contributed by atoms with Crippen LogP contribution in [0.4, 0.5) is 0 Å². The molecule has 0 fully saturated rings. The lowest BCUT2D eigenvalue weighted by Crippen LogP contribution is -2.46. The Morgan fingerprint density at radius 3 is 2.11 bits per heavy atom. The number of hydrogen-bond donors (Lipinski definition) is 2. The molecule has 0 aromatic heterocycles. The molecule has 0 saturated heterocycles. The molecule has 0 heterocycles. The van der Waals surface area contributed by atoms with Crippen molar-refractivity contribution in [3.05, 3.63) is 34.9 Å². The van der Waals surface area contributed by atoms with Crippen molar-refractivity contribution in [2.75, 3.05) is 0 Å². The molecule has 0 aliphatic heterocycles. The van der Waals surface area contributed by atoms with E-state index in [0.717, 1.165) is 11.1 Å². The van der Waals surface area contributed by atoms with E-state index in [1.54, 1.807) is 32.9 Å². The summed E-state index contributed by atoms with van der Waals surface area (Å²) < 4.78 is 0. The van der Waals surface area contributed by atoms with Gasteiger partial charge in [-0.05, 0) is 37.1 Å². The molecule has 4 nitrogen and oxygen atoms in total. The van der Waals surface area contributed by atoms with Crippen LogP contribution in [0.2, 0.25) is 0 Å². The summed E-state index contributed by atoms with van der Waals surface area (Å²) in [4.78, 5) is 23.4. The van der Waals surface area contributed by atoms with Crippen LogP contribution in [0.3, 0.4) is 0 Å². The molecular weight excluding hydrogens is 228 g/mol. The van der Waals surface area contributed by atoms with E-state index in [0.29, 0.717) is 5.56 Å². The number of aryl methyl sites for hydroxylation is 2. The van der Waals surface area contributed by atoms with Crippen LogP contribution in [0.25, 0.3) is 0 Å². The molecule has 0 saturated carbocycles. The van der Waals surface area contributed by atoms with Crippen molar-refractivity contribution < 1.29 is 9.59 Å². The fourth-order valence-electron chi connectivity index (χ4n) is 1.26.